The van der Waals surface area contributed by atoms with E-state index in [-0.39, 0.29) is 17.7 Å². The number of amidine groups is 1. The lowest BCUT2D eigenvalue weighted by Crippen LogP contribution is -2.25. The number of aliphatic imine (C=N–C) groups is 1. The van der Waals surface area contributed by atoms with Crippen molar-refractivity contribution in [3.8, 4) is 5.75 Å². The highest BCUT2D eigenvalue weighted by atomic mass is 32.2. The van der Waals surface area contributed by atoms with Crippen LogP contribution in [0.25, 0.3) is 6.08 Å². The van der Waals surface area contributed by atoms with Gasteiger partial charge >= 0.3 is 0 Å². The molecule has 0 radical (unpaired) electrons. The van der Waals surface area contributed by atoms with Gasteiger partial charge in [0.25, 0.3) is 0 Å². The fourth-order valence-corrected chi connectivity index (χ4v) is 5.41. The van der Waals surface area contributed by atoms with Gasteiger partial charge in [0.2, 0.25) is 5.91 Å². The third-order valence-corrected chi connectivity index (χ3v) is 7.59. The number of benzene rings is 2. The van der Waals surface area contributed by atoms with Crippen LogP contribution in [0.4, 0.5) is 0 Å². The van der Waals surface area contributed by atoms with Crippen molar-refractivity contribution in [3.05, 3.63) is 65.7 Å². The van der Waals surface area contributed by atoms with Crippen molar-refractivity contribution in [1.82, 2.24) is 5.32 Å². The summed E-state index contributed by atoms with van der Waals surface area (Å²) < 4.78 is 29.6. The number of amides is 1. The van der Waals surface area contributed by atoms with Crippen molar-refractivity contribution in [2.24, 2.45) is 4.99 Å². The molecule has 1 atom stereocenters. The Morgan fingerprint density at radius 1 is 1.19 bits per heavy atom. The molecule has 2 aromatic carbocycles. The molecule has 0 saturated carbocycles. The van der Waals surface area contributed by atoms with Gasteiger partial charge in [-0.1, -0.05) is 49.4 Å². The second-order valence-corrected chi connectivity index (χ2v) is 10.2. The summed E-state index contributed by atoms with van der Waals surface area (Å²) in [6.07, 6.45) is 4.55. The topological polar surface area (TPSA) is 84.8 Å². The molecule has 31 heavy (non-hydrogen) atoms. The lowest BCUT2D eigenvalue weighted by atomic mass is 10.1. The minimum absolute atomic E-state index is 0.00242. The number of carbonyl (C=O) groups is 1. The Morgan fingerprint density at radius 2 is 1.90 bits per heavy atom. The van der Waals surface area contributed by atoms with E-state index in [9.17, 15) is 13.2 Å². The number of thioether (sulfide) groups is 1. The Balaban J connectivity index is 1.56. The molecule has 1 amide bonds. The van der Waals surface area contributed by atoms with Crippen LogP contribution >= 0.6 is 11.8 Å². The van der Waals surface area contributed by atoms with E-state index in [4.69, 9.17) is 4.74 Å². The second-order valence-electron chi connectivity index (χ2n) is 7.10. The van der Waals surface area contributed by atoms with Crippen molar-refractivity contribution < 1.29 is 17.9 Å². The number of nitrogens with one attached hydrogen (secondary N) is 1. The molecule has 0 saturated heterocycles. The quantitative estimate of drug-likeness (QED) is 0.598. The first-order valence-corrected chi connectivity index (χ1v) is 12.7. The van der Waals surface area contributed by atoms with Crippen LogP contribution in [0.15, 0.2) is 64.5 Å². The molecular formula is C23H26N2O4S2. The van der Waals surface area contributed by atoms with Crippen molar-refractivity contribution in [3.63, 3.8) is 0 Å². The second kappa shape index (κ2) is 10.6. The largest absolute Gasteiger partial charge is 0.497 e. The number of rotatable bonds is 8. The van der Waals surface area contributed by atoms with Crippen LogP contribution in [-0.2, 0) is 14.6 Å². The van der Waals surface area contributed by atoms with Crippen LogP contribution in [0.5, 0.6) is 5.75 Å². The van der Waals surface area contributed by atoms with E-state index < -0.39 is 9.84 Å². The Hall–Kier alpha value is -2.58. The summed E-state index contributed by atoms with van der Waals surface area (Å²) >= 11 is 1.50. The smallest absolute Gasteiger partial charge is 0.249 e. The van der Waals surface area contributed by atoms with Crippen LogP contribution in [0, 0.1) is 0 Å². The lowest BCUT2D eigenvalue weighted by Gasteiger charge is -2.06. The third-order valence-electron chi connectivity index (χ3n) is 4.81. The van der Waals surface area contributed by atoms with E-state index in [1.54, 1.807) is 37.5 Å². The number of unbranched alkanes of at least 4 members (excludes halogenated alkanes) is 1. The van der Waals surface area contributed by atoms with Gasteiger partial charge in [0, 0.05) is 11.8 Å². The highest BCUT2D eigenvalue weighted by Gasteiger charge is 2.21. The molecule has 3 rings (SSSR count). The summed E-state index contributed by atoms with van der Waals surface area (Å²) in [4.78, 5) is 17.1. The molecule has 1 N–H and O–H groups in total. The first kappa shape index (κ1) is 23.1. The first-order chi connectivity index (χ1) is 14.9. The standard InChI is InChI=1S/C23H26N2O4S2/c1-3-4-15-31(27,28)20-12-5-17(6-13-20)7-14-22(26)25-23-24-21(16-30-23)18-8-10-19(29-2)11-9-18/h5-14,21H,3-4,15-16H2,1-2H3,(H,24,25,26)/b14-7+. The molecule has 0 aromatic heterocycles. The van der Waals surface area contributed by atoms with Gasteiger partial charge in [-0.2, -0.15) is 0 Å². The molecule has 1 unspecified atom stereocenters. The SMILES string of the molecule is CCCCS(=O)(=O)c1ccc(/C=C/C(=O)NC2=NC(c3ccc(OC)cc3)CS2)cc1. The summed E-state index contributed by atoms with van der Waals surface area (Å²) in [6, 6.07) is 14.3. The molecule has 1 heterocycles. The van der Waals surface area contributed by atoms with Crippen molar-refractivity contribution in [2.45, 2.75) is 30.7 Å². The highest BCUT2D eigenvalue weighted by Crippen LogP contribution is 2.30. The summed E-state index contributed by atoms with van der Waals surface area (Å²) in [6.45, 7) is 1.96. The molecule has 0 aliphatic carbocycles. The van der Waals surface area contributed by atoms with E-state index in [0.717, 1.165) is 29.1 Å². The van der Waals surface area contributed by atoms with E-state index in [2.05, 4.69) is 10.3 Å². The Bertz CT molecular complexity index is 1060. The minimum Gasteiger partial charge on any atom is -0.497 e. The van der Waals surface area contributed by atoms with Crippen molar-refractivity contribution >= 4 is 38.7 Å². The fourth-order valence-electron chi connectivity index (χ4n) is 3.00. The van der Waals surface area contributed by atoms with Crippen LogP contribution in [0.2, 0.25) is 0 Å². The summed E-state index contributed by atoms with van der Waals surface area (Å²) in [7, 11) is -1.62. The van der Waals surface area contributed by atoms with Crippen LogP contribution < -0.4 is 10.1 Å². The highest BCUT2D eigenvalue weighted by molar-refractivity contribution is 8.14. The predicted octanol–water partition coefficient (Wildman–Crippen LogP) is 4.24. The number of ether oxygens (including phenoxy) is 1. The number of sulfone groups is 1. The van der Waals surface area contributed by atoms with Gasteiger partial charge in [0.05, 0.1) is 23.8 Å². The summed E-state index contributed by atoms with van der Waals surface area (Å²) in [5.74, 6) is 1.43. The van der Waals surface area contributed by atoms with Crippen LogP contribution in [0.3, 0.4) is 0 Å². The molecule has 2 aromatic rings. The van der Waals surface area contributed by atoms with Crippen molar-refractivity contribution in [1.29, 1.82) is 0 Å². The zero-order chi connectivity index (χ0) is 22.3. The van der Waals surface area contributed by atoms with Gasteiger partial charge in [0.1, 0.15) is 5.75 Å². The number of carbonyl (C=O) groups excluding carboxylic acids is 1. The Labute approximate surface area is 187 Å². The number of hydrogen-bond donors (Lipinski definition) is 1. The van der Waals surface area contributed by atoms with Gasteiger partial charge in [-0.3, -0.25) is 9.79 Å². The average Bonchev–Trinajstić information content (AvgIpc) is 3.25. The maximum Gasteiger partial charge on any atom is 0.249 e. The zero-order valence-corrected chi connectivity index (χ0v) is 19.2. The number of nitrogens with zero attached hydrogens (tertiary/aromatic N) is 1. The molecule has 6 nitrogen and oxygen atoms in total. The first-order valence-electron chi connectivity index (χ1n) is 10.1. The summed E-state index contributed by atoms with van der Waals surface area (Å²) in [5, 5.41) is 3.39. The van der Waals surface area contributed by atoms with Crippen molar-refractivity contribution in [2.75, 3.05) is 18.6 Å². The molecular weight excluding hydrogens is 432 g/mol. The molecule has 0 spiro atoms. The summed E-state index contributed by atoms with van der Waals surface area (Å²) in [5.41, 5.74) is 1.82. The number of hydrogen-bond acceptors (Lipinski definition) is 6. The molecule has 1 aliphatic heterocycles. The average molecular weight is 459 g/mol. The van der Waals surface area contributed by atoms with Gasteiger partial charge in [-0.15, -0.1) is 0 Å². The van der Waals surface area contributed by atoms with E-state index in [0.29, 0.717) is 16.5 Å². The fraction of sp³-hybridized carbons (Fsp3) is 0.304. The monoisotopic (exact) mass is 458 g/mol. The molecule has 0 fully saturated rings. The van der Waals surface area contributed by atoms with Gasteiger partial charge < -0.3 is 10.1 Å². The van der Waals surface area contributed by atoms with Gasteiger partial charge in [0.15, 0.2) is 15.0 Å². The predicted molar refractivity (Wildman–Crippen MR) is 126 cm³/mol. The Kier molecular flexibility index (Phi) is 7.92. The van der Waals surface area contributed by atoms with Crippen LogP contribution in [0.1, 0.15) is 36.9 Å². The van der Waals surface area contributed by atoms with Gasteiger partial charge in [-0.05, 0) is 47.9 Å². The van der Waals surface area contributed by atoms with Gasteiger partial charge in [-0.25, -0.2) is 8.42 Å². The van der Waals surface area contributed by atoms with Crippen LogP contribution in [-0.4, -0.2) is 38.1 Å². The third kappa shape index (κ3) is 6.45. The zero-order valence-electron chi connectivity index (χ0n) is 17.6. The molecule has 0 bridgehead atoms. The maximum atomic E-state index is 12.2. The lowest BCUT2D eigenvalue weighted by molar-refractivity contribution is -0.115. The minimum atomic E-state index is -3.25. The normalized spacial score (nSPS) is 16.3. The Morgan fingerprint density at radius 3 is 2.55 bits per heavy atom. The molecule has 164 valence electrons. The molecule has 1 aliphatic rings. The number of methoxy groups -OCH3 is 1. The maximum absolute atomic E-state index is 12.2. The van der Waals surface area contributed by atoms with E-state index >= 15 is 0 Å². The van der Waals surface area contributed by atoms with E-state index in [1.807, 2.05) is 31.2 Å². The molecule has 8 heteroatoms. The van der Waals surface area contributed by atoms with E-state index in [1.165, 1.54) is 17.8 Å².